The van der Waals surface area contributed by atoms with Gasteiger partial charge >= 0.3 is 0 Å². The van der Waals surface area contributed by atoms with Crippen LogP contribution in [0.15, 0.2) is 76.6 Å². The van der Waals surface area contributed by atoms with Crippen LogP contribution >= 0.6 is 11.8 Å². The fourth-order valence-corrected chi connectivity index (χ4v) is 4.56. The summed E-state index contributed by atoms with van der Waals surface area (Å²) < 4.78 is 0. The normalized spacial score (nSPS) is 21.7. The highest BCUT2D eigenvalue weighted by molar-refractivity contribution is 8.19. The lowest BCUT2D eigenvalue weighted by atomic mass is 9.89. The van der Waals surface area contributed by atoms with Gasteiger partial charge in [0.05, 0.1) is 16.3 Å². The summed E-state index contributed by atoms with van der Waals surface area (Å²) in [7, 11) is 0. The van der Waals surface area contributed by atoms with E-state index in [4.69, 9.17) is 4.99 Å². The van der Waals surface area contributed by atoms with Crippen LogP contribution in [0, 0.1) is 5.92 Å². The summed E-state index contributed by atoms with van der Waals surface area (Å²) in [5, 5.41) is 0.731. The maximum absolute atomic E-state index is 13.1. The van der Waals surface area contributed by atoms with E-state index in [-0.39, 0.29) is 5.91 Å². The van der Waals surface area contributed by atoms with Crippen LogP contribution in [-0.4, -0.2) is 11.1 Å². The first kappa shape index (κ1) is 17.1. The van der Waals surface area contributed by atoms with Gasteiger partial charge < -0.3 is 0 Å². The molecule has 4 heteroatoms. The van der Waals surface area contributed by atoms with Crippen molar-refractivity contribution >= 4 is 34.2 Å². The third-order valence-corrected chi connectivity index (χ3v) is 5.83. The minimum atomic E-state index is 0.0430. The van der Waals surface area contributed by atoms with E-state index >= 15 is 0 Å². The molecule has 0 spiro atoms. The van der Waals surface area contributed by atoms with Crippen molar-refractivity contribution in [3.8, 4) is 0 Å². The average molecular weight is 362 g/mol. The predicted molar refractivity (Wildman–Crippen MR) is 110 cm³/mol. The maximum Gasteiger partial charge on any atom is 0.271 e. The number of amides is 1. The molecule has 2 aromatic rings. The van der Waals surface area contributed by atoms with Crippen LogP contribution in [0.25, 0.3) is 0 Å². The lowest BCUT2D eigenvalue weighted by Crippen LogP contribution is -2.28. The lowest BCUT2D eigenvalue weighted by molar-refractivity contribution is -0.113. The molecule has 0 aromatic heterocycles. The number of benzene rings is 2. The monoisotopic (exact) mass is 362 g/mol. The smallest absolute Gasteiger partial charge is 0.268 e. The Morgan fingerprint density at radius 1 is 0.923 bits per heavy atom. The Morgan fingerprint density at radius 2 is 1.58 bits per heavy atom. The van der Waals surface area contributed by atoms with E-state index in [0.29, 0.717) is 5.92 Å². The number of para-hydroxylation sites is 2. The van der Waals surface area contributed by atoms with Crippen LogP contribution in [0.1, 0.15) is 32.1 Å². The minimum absolute atomic E-state index is 0.0430. The second-order valence-corrected chi connectivity index (χ2v) is 7.75. The highest BCUT2D eigenvalue weighted by atomic mass is 32.2. The molecule has 0 bridgehead atoms. The van der Waals surface area contributed by atoms with Crippen LogP contribution in [0.4, 0.5) is 11.4 Å². The Balaban J connectivity index is 1.69. The zero-order valence-corrected chi connectivity index (χ0v) is 15.5. The molecule has 0 unspecified atom stereocenters. The molecule has 2 fully saturated rings. The molecule has 0 atom stereocenters. The Hall–Kier alpha value is -2.33. The van der Waals surface area contributed by atoms with Gasteiger partial charge in [-0.15, -0.1) is 0 Å². The van der Waals surface area contributed by atoms with E-state index < -0.39 is 0 Å². The van der Waals surface area contributed by atoms with Crippen molar-refractivity contribution in [1.82, 2.24) is 0 Å². The molecule has 0 N–H and O–H groups in total. The van der Waals surface area contributed by atoms with Gasteiger partial charge in [-0.05, 0) is 54.8 Å². The molecule has 26 heavy (non-hydrogen) atoms. The molecule has 3 nitrogen and oxygen atoms in total. The summed E-state index contributed by atoms with van der Waals surface area (Å²) in [6.45, 7) is 0. The van der Waals surface area contributed by atoms with E-state index in [1.807, 2.05) is 60.7 Å². The molecule has 132 valence electrons. The summed E-state index contributed by atoms with van der Waals surface area (Å²) >= 11 is 1.50. The Labute approximate surface area is 158 Å². The van der Waals surface area contributed by atoms with Crippen LogP contribution in [0.2, 0.25) is 0 Å². The van der Waals surface area contributed by atoms with Crippen LogP contribution in [0.5, 0.6) is 0 Å². The summed E-state index contributed by atoms with van der Waals surface area (Å²) in [5.74, 6) is 0.561. The number of hydrogen-bond acceptors (Lipinski definition) is 3. The molecule has 1 amide bonds. The minimum Gasteiger partial charge on any atom is -0.268 e. The first-order chi connectivity index (χ1) is 12.8. The Morgan fingerprint density at radius 3 is 2.27 bits per heavy atom. The van der Waals surface area contributed by atoms with Gasteiger partial charge in [-0.2, -0.15) is 0 Å². The molecule has 0 radical (unpaired) electrons. The first-order valence-corrected chi connectivity index (χ1v) is 10.1. The van der Waals surface area contributed by atoms with E-state index in [9.17, 15) is 4.79 Å². The van der Waals surface area contributed by atoms with Gasteiger partial charge in [0.15, 0.2) is 5.17 Å². The van der Waals surface area contributed by atoms with Gasteiger partial charge in [-0.25, -0.2) is 4.99 Å². The third kappa shape index (κ3) is 3.75. The number of rotatable bonds is 3. The Kier molecular flexibility index (Phi) is 5.21. The van der Waals surface area contributed by atoms with E-state index in [2.05, 4.69) is 6.08 Å². The quantitative estimate of drug-likeness (QED) is 0.635. The summed E-state index contributed by atoms with van der Waals surface area (Å²) in [6, 6.07) is 19.6. The highest BCUT2D eigenvalue weighted by Gasteiger charge is 2.35. The number of nitrogens with zero attached hydrogens (tertiary/aromatic N) is 2. The van der Waals surface area contributed by atoms with Gasteiger partial charge in [-0.3, -0.25) is 9.69 Å². The van der Waals surface area contributed by atoms with Gasteiger partial charge in [0.1, 0.15) is 0 Å². The molecule has 1 saturated carbocycles. The van der Waals surface area contributed by atoms with Crippen LogP contribution in [-0.2, 0) is 4.79 Å². The molecule has 1 aliphatic heterocycles. The zero-order chi connectivity index (χ0) is 17.8. The number of anilines is 1. The van der Waals surface area contributed by atoms with E-state index in [0.717, 1.165) is 21.4 Å². The zero-order valence-electron chi connectivity index (χ0n) is 14.7. The molecular formula is C22H22N2OS. The number of carbonyl (C=O) groups excluding carboxylic acids is 1. The average Bonchev–Trinajstić information content (AvgIpc) is 2.99. The summed E-state index contributed by atoms with van der Waals surface area (Å²) in [6.07, 6.45) is 8.41. The fraction of sp³-hybridized carbons (Fsp3) is 0.273. The molecule has 1 heterocycles. The number of amidine groups is 1. The van der Waals surface area contributed by atoms with E-state index in [1.165, 1.54) is 43.9 Å². The first-order valence-electron chi connectivity index (χ1n) is 9.24. The van der Waals surface area contributed by atoms with Crippen molar-refractivity contribution in [3.05, 3.63) is 71.6 Å². The third-order valence-electron chi connectivity index (χ3n) is 4.84. The van der Waals surface area contributed by atoms with Crippen molar-refractivity contribution in [2.45, 2.75) is 32.1 Å². The van der Waals surface area contributed by atoms with Gasteiger partial charge in [0.25, 0.3) is 5.91 Å². The van der Waals surface area contributed by atoms with Crippen molar-refractivity contribution in [2.24, 2.45) is 10.9 Å². The standard InChI is InChI=1S/C22H22N2OS/c25-21-20(16-17-10-4-1-5-11-17)26-22(23-18-12-6-2-7-13-18)24(21)19-14-8-3-9-15-19/h2-3,6-9,12-17H,1,4-5,10-11H2/b20-16-,23-22-. The largest absolute Gasteiger partial charge is 0.271 e. The molecule has 4 rings (SSSR count). The van der Waals surface area contributed by atoms with Gasteiger partial charge in [0, 0.05) is 0 Å². The maximum atomic E-state index is 13.1. The van der Waals surface area contributed by atoms with Crippen LogP contribution < -0.4 is 4.90 Å². The fourth-order valence-electron chi connectivity index (χ4n) is 3.50. The molecule has 2 aromatic carbocycles. The molecule has 1 saturated heterocycles. The lowest BCUT2D eigenvalue weighted by Gasteiger charge is -2.18. The number of thioether (sulfide) groups is 1. The van der Waals surface area contributed by atoms with Crippen molar-refractivity contribution < 1.29 is 4.79 Å². The highest BCUT2D eigenvalue weighted by Crippen LogP contribution is 2.38. The van der Waals surface area contributed by atoms with Gasteiger partial charge in [-0.1, -0.05) is 61.7 Å². The Bertz CT molecular complexity index is 824. The summed E-state index contributed by atoms with van der Waals surface area (Å²) in [5.41, 5.74) is 1.73. The van der Waals surface area contributed by atoms with E-state index in [1.54, 1.807) is 4.90 Å². The molecular weight excluding hydrogens is 340 g/mol. The summed E-state index contributed by atoms with van der Waals surface area (Å²) in [4.78, 5) is 20.4. The second kappa shape index (κ2) is 7.92. The number of allylic oxidation sites excluding steroid dienone is 1. The number of aliphatic imine (C=N–C) groups is 1. The SMILES string of the molecule is O=C1/C(=C/C2CCCCC2)S/C(=N\c2ccccc2)N1c1ccccc1. The van der Waals surface area contributed by atoms with Gasteiger partial charge in [0.2, 0.25) is 0 Å². The number of carbonyl (C=O) groups is 1. The van der Waals surface area contributed by atoms with Crippen molar-refractivity contribution in [1.29, 1.82) is 0 Å². The van der Waals surface area contributed by atoms with Crippen molar-refractivity contribution in [2.75, 3.05) is 4.90 Å². The van der Waals surface area contributed by atoms with Crippen molar-refractivity contribution in [3.63, 3.8) is 0 Å². The number of hydrogen-bond donors (Lipinski definition) is 0. The molecule has 1 aliphatic carbocycles. The second-order valence-electron chi connectivity index (χ2n) is 6.74. The topological polar surface area (TPSA) is 32.7 Å². The molecule has 2 aliphatic rings. The van der Waals surface area contributed by atoms with Crippen LogP contribution in [0.3, 0.4) is 0 Å². The predicted octanol–water partition coefficient (Wildman–Crippen LogP) is 5.92.